The van der Waals surface area contributed by atoms with Crippen LogP contribution in [0.5, 0.6) is 0 Å². The Morgan fingerprint density at radius 2 is 2.05 bits per heavy atom. The van der Waals surface area contributed by atoms with Crippen molar-refractivity contribution >= 4 is 5.69 Å². The summed E-state index contributed by atoms with van der Waals surface area (Å²) in [5.41, 5.74) is 3.18. The first kappa shape index (κ1) is 14.2. The van der Waals surface area contributed by atoms with Gasteiger partial charge in [-0.3, -0.25) is 4.90 Å². The predicted molar refractivity (Wildman–Crippen MR) is 70.2 cm³/mol. The van der Waals surface area contributed by atoms with E-state index in [9.17, 15) is 13.2 Å². The predicted octanol–water partition coefficient (Wildman–Crippen LogP) is 3.43. The van der Waals surface area contributed by atoms with Crippen molar-refractivity contribution in [2.45, 2.75) is 39.0 Å². The summed E-state index contributed by atoms with van der Waals surface area (Å²) in [6.45, 7) is 3.92. The van der Waals surface area contributed by atoms with Crippen molar-refractivity contribution in [2.24, 2.45) is 0 Å². The zero-order valence-electron chi connectivity index (χ0n) is 11.2. The highest BCUT2D eigenvalue weighted by Gasteiger charge is 2.32. The van der Waals surface area contributed by atoms with E-state index in [-0.39, 0.29) is 6.04 Å². The molecule has 106 valence electrons. The molecule has 2 rings (SSSR count). The molecule has 1 aliphatic heterocycles. The molecule has 1 aromatic carbocycles. The Morgan fingerprint density at radius 3 is 2.68 bits per heavy atom. The lowest BCUT2D eigenvalue weighted by Gasteiger charge is -2.28. The minimum Gasteiger partial charge on any atom is -0.384 e. The SMILES string of the molecule is CC(C)N(Cc1cccc2c1NCC2)CC(F)(F)F. The van der Waals surface area contributed by atoms with Crippen molar-refractivity contribution in [1.82, 2.24) is 4.90 Å². The first-order valence-corrected chi connectivity index (χ1v) is 6.52. The van der Waals surface area contributed by atoms with E-state index in [0.717, 1.165) is 24.2 Å². The van der Waals surface area contributed by atoms with E-state index in [1.807, 2.05) is 18.2 Å². The van der Waals surface area contributed by atoms with Crippen LogP contribution in [0.15, 0.2) is 18.2 Å². The summed E-state index contributed by atoms with van der Waals surface area (Å²) >= 11 is 0. The molecule has 0 saturated carbocycles. The molecular weight excluding hydrogens is 253 g/mol. The lowest BCUT2D eigenvalue weighted by atomic mass is 10.1. The van der Waals surface area contributed by atoms with Gasteiger partial charge in [0, 0.05) is 24.8 Å². The summed E-state index contributed by atoms with van der Waals surface area (Å²) in [7, 11) is 0. The summed E-state index contributed by atoms with van der Waals surface area (Å²) in [4.78, 5) is 1.45. The molecular formula is C14H19F3N2. The van der Waals surface area contributed by atoms with Crippen LogP contribution >= 0.6 is 0 Å². The molecule has 2 nitrogen and oxygen atoms in total. The van der Waals surface area contributed by atoms with Crippen LogP contribution < -0.4 is 5.32 Å². The minimum absolute atomic E-state index is 0.140. The molecule has 0 bridgehead atoms. The molecule has 0 amide bonds. The smallest absolute Gasteiger partial charge is 0.384 e. The van der Waals surface area contributed by atoms with Crippen molar-refractivity contribution in [1.29, 1.82) is 0 Å². The van der Waals surface area contributed by atoms with E-state index >= 15 is 0 Å². The number of hydrogen-bond acceptors (Lipinski definition) is 2. The Bertz CT molecular complexity index is 441. The maximum atomic E-state index is 12.6. The highest BCUT2D eigenvalue weighted by atomic mass is 19.4. The fourth-order valence-electron chi connectivity index (χ4n) is 2.41. The van der Waals surface area contributed by atoms with Gasteiger partial charge in [0.2, 0.25) is 0 Å². The van der Waals surface area contributed by atoms with E-state index in [4.69, 9.17) is 0 Å². The van der Waals surface area contributed by atoms with E-state index < -0.39 is 12.7 Å². The van der Waals surface area contributed by atoms with Gasteiger partial charge in [0.25, 0.3) is 0 Å². The van der Waals surface area contributed by atoms with Crippen LogP contribution in [-0.4, -0.2) is 30.2 Å². The molecule has 0 radical (unpaired) electrons. The third-order valence-electron chi connectivity index (χ3n) is 3.42. The van der Waals surface area contributed by atoms with Gasteiger partial charge in [0.1, 0.15) is 0 Å². The summed E-state index contributed by atoms with van der Waals surface area (Å²) in [6, 6.07) is 5.72. The van der Waals surface area contributed by atoms with E-state index in [1.165, 1.54) is 10.5 Å². The fraction of sp³-hybridized carbons (Fsp3) is 0.571. The van der Waals surface area contributed by atoms with Crippen LogP contribution in [0.25, 0.3) is 0 Å². The van der Waals surface area contributed by atoms with E-state index in [2.05, 4.69) is 5.32 Å². The molecule has 1 heterocycles. The van der Waals surface area contributed by atoms with Crippen molar-refractivity contribution in [2.75, 3.05) is 18.4 Å². The van der Waals surface area contributed by atoms with Crippen molar-refractivity contribution in [3.05, 3.63) is 29.3 Å². The minimum atomic E-state index is -4.16. The summed E-state index contributed by atoms with van der Waals surface area (Å²) in [5.74, 6) is 0. The molecule has 1 N–H and O–H groups in total. The van der Waals surface area contributed by atoms with Crippen molar-refractivity contribution in [3.63, 3.8) is 0 Å². The van der Waals surface area contributed by atoms with Crippen molar-refractivity contribution < 1.29 is 13.2 Å². The molecule has 5 heteroatoms. The van der Waals surface area contributed by atoms with Crippen LogP contribution in [0.4, 0.5) is 18.9 Å². The topological polar surface area (TPSA) is 15.3 Å². The highest BCUT2D eigenvalue weighted by molar-refractivity contribution is 5.61. The average molecular weight is 272 g/mol. The Kier molecular flexibility index (Phi) is 4.04. The van der Waals surface area contributed by atoms with Gasteiger partial charge >= 0.3 is 6.18 Å². The first-order chi connectivity index (χ1) is 8.87. The second-order valence-electron chi connectivity index (χ2n) is 5.24. The molecule has 19 heavy (non-hydrogen) atoms. The van der Waals surface area contributed by atoms with Gasteiger partial charge in [0.15, 0.2) is 0 Å². The molecule has 0 atom stereocenters. The quantitative estimate of drug-likeness (QED) is 0.903. The second kappa shape index (κ2) is 5.41. The summed E-state index contributed by atoms with van der Waals surface area (Å²) in [6.07, 6.45) is -3.21. The third kappa shape index (κ3) is 3.62. The van der Waals surface area contributed by atoms with Crippen LogP contribution in [-0.2, 0) is 13.0 Å². The number of alkyl halides is 3. The molecule has 1 aliphatic rings. The van der Waals surface area contributed by atoms with Gasteiger partial charge < -0.3 is 5.32 Å². The number of nitrogens with one attached hydrogen (secondary N) is 1. The number of anilines is 1. The molecule has 0 fully saturated rings. The fourth-order valence-corrected chi connectivity index (χ4v) is 2.41. The molecule has 1 aromatic rings. The molecule has 0 spiro atoms. The van der Waals surface area contributed by atoms with Gasteiger partial charge in [-0.2, -0.15) is 13.2 Å². The largest absolute Gasteiger partial charge is 0.401 e. The first-order valence-electron chi connectivity index (χ1n) is 6.52. The third-order valence-corrected chi connectivity index (χ3v) is 3.42. The maximum absolute atomic E-state index is 12.6. The summed E-state index contributed by atoms with van der Waals surface area (Å²) in [5, 5.41) is 3.27. The van der Waals surface area contributed by atoms with Gasteiger partial charge in [-0.25, -0.2) is 0 Å². The zero-order valence-corrected chi connectivity index (χ0v) is 11.2. The van der Waals surface area contributed by atoms with Gasteiger partial charge in [0.05, 0.1) is 6.54 Å². The van der Waals surface area contributed by atoms with Gasteiger partial charge in [-0.05, 0) is 31.4 Å². The lowest BCUT2D eigenvalue weighted by Crippen LogP contribution is -2.38. The van der Waals surface area contributed by atoms with Crippen LogP contribution in [0, 0.1) is 0 Å². The molecule has 0 unspecified atom stereocenters. The number of benzene rings is 1. The monoisotopic (exact) mass is 272 g/mol. The van der Waals surface area contributed by atoms with Crippen LogP contribution in [0.2, 0.25) is 0 Å². The number of para-hydroxylation sites is 1. The Labute approximate surface area is 111 Å². The lowest BCUT2D eigenvalue weighted by molar-refractivity contribution is -0.150. The molecule has 0 aliphatic carbocycles. The van der Waals surface area contributed by atoms with Crippen LogP contribution in [0.3, 0.4) is 0 Å². The van der Waals surface area contributed by atoms with Crippen LogP contribution in [0.1, 0.15) is 25.0 Å². The zero-order chi connectivity index (χ0) is 14.0. The molecule has 0 aromatic heterocycles. The van der Waals surface area contributed by atoms with Gasteiger partial charge in [-0.15, -0.1) is 0 Å². The maximum Gasteiger partial charge on any atom is 0.401 e. The Hall–Kier alpha value is -1.23. The average Bonchev–Trinajstić information content (AvgIpc) is 2.75. The summed E-state index contributed by atoms with van der Waals surface area (Å²) < 4.78 is 37.8. The highest BCUT2D eigenvalue weighted by Crippen LogP contribution is 2.28. The van der Waals surface area contributed by atoms with E-state index in [1.54, 1.807) is 13.8 Å². The number of rotatable bonds is 4. The number of nitrogens with zero attached hydrogens (tertiary/aromatic N) is 1. The van der Waals surface area contributed by atoms with Crippen molar-refractivity contribution in [3.8, 4) is 0 Å². The number of hydrogen-bond donors (Lipinski definition) is 1. The number of halogens is 3. The standard InChI is InChI=1S/C14H19F3N2/c1-10(2)19(9-14(15,16)17)8-12-5-3-4-11-6-7-18-13(11)12/h3-5,10,18H,6-9H2,1-2H3. The number of fused-ring (bicyclic) bond motifs is 1. The second-order valence-corrected chi connectivity index (χ2v) is 5.24. The normalized spacial score (nSPS) is 14.9. The van der Waals surface area contributed by atoms with Gasteiger partial charge in [-0.1, -0.05) is 18.2 Å². The van der Waals surface area contributed by atoms with E-state index in [0.29, 0.717) is 6.54 Å². The Balaban J connectivity index is 2.16. The molecule has 0 saturated heterocycles. The Morgan fingerprint density at radius 1 is 1.32 bits per heavy atom.